The average molecular weight is 301 g/mol. The normalized spacial score (nSPS) is 11.7. The standard InChI is InChI=1S/C17H29ClO2/c1-2-3-4-5-6-7-10-13-16(18)14-11-8-9-12-15-17(19)20/h6,10,16H,2-5,8-9,11-15H2,1H3,(H,19,20). The van der Waals surface area contributed by atoms with Crippen LogP contribution in [0.1, 0.15) is 77.6 Å². The van der Waals surface area contributed by atoms with Gasteiger partial charge in [0.05, 0.1) is 0 Å². The van der Waals surface area contributed by atoms with Crippen molar-refractivity contribution in [1.29, 1.82) is 0 Å². The zero-order valence-corrected chi connectivity index (χ0v) is 13.5. The smallest absolute Gasteiger partial charge is 0.303 e. The van der Waals surface area contributed by atoms with E-state index in [0.717, 1.165) is 44.9 Å². The van der Waals surface area contributed by atoms with Gasteiger partial charge < -0.3 is 5.11 Å². The molecule has 0 rings (SSSR count). The average Bonchev–Trinajstić information content (AvgIpc) is 2.41. The number of hydrogen-bond acceptors (Lipinski definition) is 1. The van der Waals surface area contributed by atoms with Crippen LogP contribution in [0.4, 0.5) is 0 Å². The molecular weight excluding hydrogens is 272 g/mol. The first-order chi connectivity index (χ1) is 9.66. The van der Waals surface area contributed by atoms with E-state index in [1.54, 1.807) is 0 Å². The Balaban J connectivity index is 3.42. The Labute approximate surface area is 128 Å². The summed E-state index contributed by atoms with van der Waals surface area (Å²) in [5.41, 5.74) is 3.20. The van der Waals surface area contributed by atoms with E-state index in [1.807, 2.05) is 6.08 Å². The molecule has 0 fully saturated rings. The molecule has 0 bridgehead atoms. The van der Waals surface area contributed by atoms with Crippen molar-refractivity contribution < 1.29 is 9.90 Å². The second-order valence-corrected chi connectivity index (χ2v) is 5.87. The summed E-state index contributed by atoms with van der Waals surface area (Å²) in [5.74, 6) is -0.698. The van der Waals surface area contributed by atoms with E-state index >= 15 is 0 Å². The van der Waals surface area contributed by atoms with E-state index in [9.17, 15) is 4.79 Å². The fourth-order valence-electron chi connectivity index (χ4n) is 1.97. The van der Waals surface area contributed by atoms with Crippen LogP contribution in [0.2, 0.25) is 0 Å². The number of rotatable bonds is 13. The molecule has 0 aliphatic carbocycles. The first kappa shape index (κ1) is 19.3. The highest BCUT2D eigenvalue weighted by Gasteiger charge is 2.02. The lowest BCUT2D eigenvalue weighted by molar-refractivity contribution is -0.137. The molecule has 3 heteroatoms. The van der Waals surface area contributed by atoms with Crippen LogP contribution in [0, 0.1) is 0 Å². The molecule has 1 N–H and O–H groups in total. The molecule has 0 aromatic rings. The monoisotopic (exact) mass is 300 g/mol. The molecular formula is C17H29ClO2. The van der Waals surface area contributed by atoms with E-state index < -0.39 is 5.97 Å². The van der Waals surface area contributed by atoms with Gasteiger partial charge in [0, 0.05) is 11.8 Å². The van der Waals surface area contributed by atoms with Crippen molar-refractivity contribution in [2.45, 2.75) is 82.9 Å². The van der Waals surface area contributed by atoms with Crippen LogP contribution in [0.5, 0.6) is 0 Å². The fourth-order valence-corrected chi connectivity index (χ4v) is 2.22. The zero-order valence-electron chi connectivity index (χ0n) is 12.7. The predicted molar refractivity (Wildman–Crippen MR) is 86.4 cm³/mol. The molecule has 0 saturated carbocycles. The molecule has 0 aromatic heterocycles. The highest BCUT2D eigenvalue weighted by atomic mass is 35.5. The minimum absolute atomic E-state index is 0.186. The van der Waals surface area contributed by atoms with Crippen LogP contribution < -0.4 is 0 Å². The first-order valence-electron chi connectivity index (χ1n) is 7.92. The van der Waals surface area contributed by atoms with Gasteiger partial charge in [-0.3, -0.25) is 4.79 Å². The summed E-state index contributed by atoms with van der Waals surface area (Å²) in [4.78, 5) is 10.3. The number of unbranched alkanes of at least 4 members (excludes halogenated alkanes) is 6. The minimum atomic E-state index is -0.698. The molecule has 0 aliphatic rings. The van der Waals surface area contributed by atoms with Crippen molar-refractivity contribution in [2.24, 2.45) is 0 Å². The summed E-state index contributed by atoms with van der Waals surface area (Å²) in [6.45, 7) is 2.21. The summed E-state index contributed by atoms with van der Waals surface area (Å²) in [6.07, 6.45) is 15.1. The topological polar surface area (TPSA) is 37.3 Å². The Morgan fingerprint density at radius 1 is 1.15 bits per heavy atom. The molecule has 0 aromatic carbocycles. The van der Waals surface area contributed by atoms with Gasteiger partial charge in [0.15, 0.2) is 0 Å². The van der Waals surface area contributed by atoms with Gasteiger partial charge in [-0.2, -0.15) is 0 Å². The lowest BCUT2D eigenvalue weighted by Gasteiger charge is -2.05. The van der Waals surface area contributed by atoms with Crippen LogP contribution in [0.3, 0.4) is 0 Å². The zero-order chi connectivity index (χ0) is 15.1. The summed E-state index contributed by atoms with van der Waals surface area (Å²) in [5, 5.41) is 8.70. The van der Waals surface area contributed by atoms with Crippen LogP contribution >= 0.6 is 11.6 Å². The number of carbonyl (C=O) groups is 1. The number of alkyl halides is 1. The Morgan fingerprint density at radius 3 is 2.60 bits per heavy atom. The lowest BCUT2D eigenvalue weighted by Crippen LogP contribution is -1.97. The lowest BCUT2D eigenvalue weighted by atomic mass is 10.1. The number of allylic oxidation sites excluding steroid dienone is 1. The molecule has 20 heavy (non-hydrogen) atoms. The number of carboxylic acids is 1. The third kappa shape index (κ3) is 15.3. The number of aliphatic carboxylic acids is 1. The molecule has 116 valence electrons. The molecule has 0 spiro atoms. The van der Waals surface area contributed by atoms with E-state index in [4.69, 9.17) is 16.7 Å². The summed E-state index contributed by atoms with van der Waals surface area (Å²) >= 11 is 6.23. The van der Waals surface area contributed by atoms with Crippen LogP contribution in [-0.2, 0) is 4.79 Å². The van der Waals surface area contributed by atoms with E-state index in [2.05, 4.69) is 18.7 Å². The molecule has 1 atom stereocenters. The van der Waals surface area contributed by atoms with E-state index in [0.29, 0.717) is 0 Å². The Bertz CT molecular complexity index is 293. The summed E-state index contributed by atoms with van der Waals surface area (Å²) < 4.78 is 0. The van der Waals surface area contributed by atoms with Gasteiger partial charge in [0.25, 0.3) is 0 Å². The van der Waals surface area contributed by atoms with Gasteiger partial charge >= 0.3 is 5.97 Å². The third-order valence-electron chi connectivity index (χ3n) is 3.22. The number of carboxylic acid groups (broad SMARTS) is 1. The number of halogens is 1. The molecule has 2 nitrogen and oxygen atoms in total. The van der Waals surface area contributed by atoms with Crippen molar-refractivity contribution in [1.82, 2.24) is 0 Å². The highest BCUT2D eigenvalue weighted by Crippen LogP contribution is 2.14. The highest BCUT2D eigenvalue weighted by molar-refractivity contribution is 6.20. The first-order valence-corrected chi connectivity index (χ1v) is 8.35. The predicted octanol–water partition coefficient (Wildman–Crippen LogP) is 5.70. The number of hydrogen-bond donors (Lipinski definition) is 1. The minimum Gasteiger partial charge on any atom is -0.481 e. The maximum Gasteiger partial charge on any atom is 0.303 e. The fraction of sp³-hybridized carbons (Fsp3) is 0.765. The molecule has 1 unspecified atom stereocenters. The SMILES string of the molecule is CCCCCC=C=CCC(Cl)CCCCCCC(=O)O. The molecule has 0 saturated heterocycles. The van der Waals surface area contributed by atoms with Gasteiger partial charge in [0.2, 0.25) is 0 Å². The van der Waals surface area contributed by atoms with Crippen molar-refractivity contribution in [3.63, 3.8) is 0 Å². The van der Waals surface area contributed by atoms with Gasteiger partial charge in [0.1, 0.15) is 0 Å². The maximum absolute atomic E-state index is 10.3. The van der Waals surface area contributed by atoms with Crippen LogP contribution in [0.15, 0.2) is 17.9 Å². The third-order valence-corrected chi connectivity index (χ3v) is 3.62. The Hall–Kier alpha value is -0.720. The second-order valence-electron chi connectivity index (χ2n) is 5.25. The molecule has 0 amide bonds. The maximum atomic E-state index is 10.3. The Morgan fingerprint density at radius 2 is 1.90 bits per heavy atom. The van der Waals surface area contributed by atoms with E-state index in [1.165, 1.54) is 19.3 Å². The second kappa shape index (κ2) is 14.7. The summed E-state index contributed by atoms with van der Waals surface area (Å²) in [7, 11) is 0. The van der Waals surface area contributed by atoms with Gasteiger partial charge in [-0.25, -0.2) is 0 Å². The van der Waals surface area contributed by atoms with Gasteiger partial charge in [-0.05, 0) is 44.3 Å². The van der Waals surface area contributed by atoms with Gasteiger partial charge in [-0.15, -0.1) is 17.3 Å². The largest absolute Gasteiger partial charge is 0.481 e. The molecule has 0 aliphatic heterocycles. The molecule has 0 radical (unpaired) electrons. The van der Waals surface area contributed by atoms with Crippen molar-refractivity contribution in [3.8, 4) is 0 Å². The van der Waals surface area contributed by atoms with Gasteiger partial charge in [-0.1, -0.05) is 39.0 Å². The van der Waals surface area contributed by atoms with Crippen molar-refractivity contribution >= 4 is 17.6 Å². The van der Waals surface area contributed by atoms with Crippen molar-refractivity contribution in [3.05, 3.63) is 17.9 Å². The molecule has 0 heterocycles. The Kier molecular flexibility index (Phi) is 14.2. The van der Waals surface area contributed by atoms with Crippen LogP contribution in [-0.4, -0.2) is 16.5 Å². The van der Waals surface area contributed by atoms with Crippen LogP contribution in [0.25, 0.3) is 0 Å². The van der Waals surface area contributed by atoms with E-state index in [-0.39, 0.29) is 11.8 Å². The summed E-state index contributed by atoms with van der Waals surface area (Å²) in [6, 6.07) is 0. The quantitative estimate of drug-likeness (QED) is 0.269. The van der Waals surface area contributed by atoms with Crippen molar-refractivity contribution in [2.75, 3.05) is 0 Å².